The topological polar surface area (TPSA) is 25.8 Å². The van der Waals surface area contributed by atoms with Gasteiger partial charge in [0.05, 0.1) is 11.2 Å². The minimum atomic E-state index is 0.704. The third-order valence-electron chi connectivity index (χ3n) is 9.23. The van der Waals surface area contributed by atoms with Gasteiger partial charge in [-0.25, -0.2) is 9.97 Å². The highest BCUT2D eigenvalue weighted by Gasteiger charge is 2.16. The molecule has 9 aromatic rings. The summed E-state index contributed by atoms with van der Waals surface area (Å²) in [6.45, 7) is 0. The van der Waals surface area contributed by atoms with Crippen molar-refractivity contribution in [2.75, 3.05) is 0 Å². The lowest BCUT2D eigenvalue weighted by molar-refractivity contribution is 1.23. The molecule has 2 heteroatoms. The largest absolute Gasteiger partial charge is 0.228 e. The van der Waals surface area contributed by atoms with Crippen LogP contribution in [0.1, 0.15) is 0 Å². The average Bonchev–Trinajstić information content (AvgIpc) is 3.17. The van der Waals surface area contributed by atoms with Crippen LogP contribution in [-0.4, -0.2) is 9.97 Å². The summed E-state index contributed by atoms with van der Waals surface area (Å²) in [4.78, 5) is 10.6. The number of hydrogen-bond donors (Lipinski definition) is 0. The van der Waals surface area contributed by atoms with Crippen LogP contribution in [0.4, 0.5) is 0 Å². The lowest BCUT2D eigenvalue weighted by Gasteiger charge is -2.15. The molecule has 224 valence electrons. The molecule has 0 aliphatic carbocycles. The standard InChI is InChI=1S/C46H30N2/c1-4-14-31(15-5-1)34-24-25-42-44(30-34)47-46(48-45(42)33-18-8-3-9-19-33)38-27-36(32-16-6-2-7-17-32)26-37(28-38)43-29-35-20-10-11-21-39(35)40-22-12-13-23-41(40)43/h1-30H. The monoisotopic (exact) mass is 610 g/mol. The van der Waals surface area contributed by atoms with E-state index in [0.717, 1.165) is 55.5 Å². The summed E-state index contributed by atoms with van der Waals surface area (Å²) in [7, 11) is 0. The fraction of sp³-hybridized carbons (Fsp3) is 0. The number of fused-ring (bicyclic) bond motifs is 4. The molecule has 1 aromatic heterocycles. The first-order valence-corrected chi connectivity index (χ1v) is 16.3. The van der Waals surface area contributed by atoms with E-state index in [9.17, 15) is 0 Å². The number of nitrogens with zero attached hydrogens (tertiary/aromatic N) is 2. The van der Waals surface area contributed by atoms with Gasteiger partial charge in [0.15, 0.2) is 5.82 Å². The Morgan fingerprint density at radius 3 is 1.58 bits per heavy atom. The van der Waals surface area contributed by atoms with Crippen molar-refractivity contribution < 1.29 is 0 Å². The third kappa shape index (κ3) is 5.01. The molecular weight excluding hydrogens is 581 g/mol. The molecule has 0 radical (unpaired) electrons. The molecule has 8 aromatic carbocycles. The molecule has 0 aliphatic heterocycles. The maximum Gasteiger partial charge on any atom is 0.160 e. The SMILES string of the molecule is c1ccc(-c2cc(-c3nc(-c4ccccc4)c4ccc(-c5ccccc5)cc4n3)cc(-c3cc4ccccc4c4ccccc34)c2)cc1. The van der Waals surface area contributed by atoms with Gasteiger partial charge < -0.3 is 0 Å². The lowest BCUT2D eigenvalue weighted by atomic mass is 9.90. The summed E-state index contributed by atoms with van der Waals surface area (Å²) < 4.78 is 0. The lowest BCUT2D eigenvalue weighted by Crippen LogP contribution is -1.97. The Balaban J connectivity index is 1.32. The highest BCUT2D eigenvalue weighted by Crippen LogP contribution is 2.39. The zero-order valence-corrected chi connectivity index (χ0v) is 26.2. The van der Waals surface area contributed by atoms with Crippen molar-refractivity contribution in [1.82, 2.24) is 9.97 Å². The van der Waals surface area contributed by atoms with Crippen molar-refractivity contribution in [3.05, 3.63) is 182 Å². The molecule has 9 rings (SSSR count). The van der Waals surface area contributed by atoms with Gasteiger partial charge in [-0.15, -0.1) is 0 Å². The first-order chi connectivity index (χ1) is 23.8. The highest BCUT2D eigenvalue weighted by molar-refractivity contribution is 6.14. The van der Waals surface area contributed by atoms with Gasteiger partial charge in [0, 0.05) is 16.5 Å². The second-order valence-corrected chi connectivity index (χ2v) is 12.2. The Bertz CT molecular complexity index is 2590. The summed E-state index contributed by atoms with van der Waals surface area (Å²) in [6, 6.07) is 64.6. The molecule has 0 unspecified atom stereocenters. The Hall–Kier alpha value is -6.38. The van der Waals surface area contributed by atoms with Crippen LogP contribution in [0.25, 0.3) is 88.5 Å². The Labute approximate surface area is 279 Å². The smallest absolute Gasteiger partial charge is 0.160 e. The fourth-order valence-corrected chi connectivity index (χ4v) is 6.89. The second kappa shape index (κ2) is 11.8. The summed E-state index contributed by atoms with van der Waals surface area (Å²) in [6.07, 6.45) is 0. The van der Waals surface area contributed by atoms with Crippen molar-refractivity contribution in [2.24, 2.45) is 0 Å². The van der Waals surface area contributed by atoms with E-state index in [0.29, 0.717) is 5.82 Å². The van der Waals surface area contributed by atoms with E-state index in [1.54, 1.807) is 0 Å². The van der Waals surface area contributed by atoms with E-state index in [1.165, 1.54) is 27.1 Å². The Morgan fingerprint density at radius 2 is 0.854 bits per heavy atom. The summed E-state index contributed by atoms with van der Waals surface area (Å²) in [5.41, 5.74) is 10.8. The zero-order chi connectivity index (χ0) is 31.9. The first kappa shape index (κ1) is 27.9. The van der Waals surface area contributed by atoms with Crippen LogP contribution < -0.4 is 0 Å². The van der Waals surface area contributed by atoms with Crippen molar-refractivity contribution in [3.63, 3.8) is 0 Å². The van der Waals surface area contributed by atoms with Gasteiger partial charge >= 0.3 is 0 Å². The van der Waals surface area contributed by atoms with Crippen molar-refractivity contribution in [2.45, 2.75) is 0 Å². The van der Waals surface area contributed by atoms with Gasteiger partial charge in [0.25, 0.3) is 0 Å². The van der Waals surface area contributed by atoms with E-state index in [4.69, 9.17) is 9.97 Å². The molecule has 0 atom stereocenters. The van der Waals surface area contributed by atoms with Crippen molar-refractivity contribution >= 4 is 32.4 Å². The van der Waals surface area contributed by atoms with Crippen LogP contribution in [0.2, 0.25) is 0 Å². The Morgan fingerprint density at radius 1 is 0.292 bits per heavy atom. The van der Waals surface area contributed by atoms with Gasteiger partial charge in [-0.05, 0) is 91.3 Å². The van der Waals surface area contributed by atoms with E-state index in [-0.39, 0.29) is 0 Å². The van der Waals surface area contributed by atoms with E-state index < -0.39 is 0 Å². The number of rotatable bonds is 5. The summed E-state index contributed by atoms with van der Waals surface area (Å²) in [5.74, 6) is 0.704. The van der Waals surface area contributed by atoms with Gasteiger partial charge in [-0.3, -0.25) is 0 Å². The van der Waals surface area contributed by atoms with Crippen LogP contribution in [0.3, 0.4) is 0 Å². The van der Waals surface area contributed by atoms with Crippen LogP contribution in [0.5, 0.6) is 0 Å². The molecule has 0 amide bonds. The molecule has 48 heavy (non-hydrogen) atoms. The highest BCUT2D eigenvalue weighted by atomic mass is 14.9. The summed E-state index contributed by atoms with van der Waals surface area (Å²) >= 11 is 0. The van der Waals surface area contributed by atoms with Gasteiger partial charge in [0.2, 0.25) is 0 Å². The molecular formula is C46H30N2. The minimum absolute atomic E-state index is 0.704. The molecule has 0 saturated carbocycles. The maximum atomic E-state index is 5.31. The number of benzene rings is 8. The quantitative estimate of drug-likeness (QED) is 0.181. The second-order valence-electron chi connectivity index (χ2n) is 12.2. The molecule has 0 N–H and O–H groups in total. The maximum absolute atomic E-state index is 5.31. The molecule has 1 heterocycles. The predicted octanol–water partition coefficient (Wildman–Crippen LogP) is 12.3. The molecule has 0 spiro atoms. The zero-order valence-electron chi connectivity index (χ0n) is 26.2. The van der Waals surface area contributed by atoms with E-state index >= 15 is 0 Å². The van der Waals surface area contributed by atoms with Crippen LogP contribution in [0.15, 0.2) is 182 Å². The number of aromatic nitrogens is 2. The molecule has 0 bridgehead atoms. The summed E-state index contributed by atoms with van der Waals surface area (Å²) in [5, 5.41) is 5.99. The molecule has 0 aliphatic rings. The van der Waals surface area contributed by atoms with Gasteiger partial charge in [0.1, 0.15) is 0 Å². The fourth-order valence-electron chi connectivity index (χ4n) is 6.89. The molecule has 0 saturated heterocycles. The molecule has 0 fully saturated rings. The average molecular weight is 611 g/mol. The van der Waals surface area contributed by atoms with Crippen molar-refractivity contribution in [1.29, 1.82) is 0 Å². The van der Waals surface area contributed by atoms with Crippen molar-refractivity contribution in [3.8, 4) is 56.0 Å². The van der Waals surface area contributed by atoms with E-state index in [1.807, 2.05) is 12.1 Å². The van der Waals surface area contributed by atoms with E-state index in [2.05, 4.69) is 170 Å². The van der Waals surface area contributed by atoms with Gasteiger partial charge in [-0.1, -0.05) is 146 Å². The third-order valence-corrected chi connectivity index (χ3v) is 9.23. The first-order valence-electron chi connectivity index (χ1n) is 16.3. The normalized spacial score (nSPS) is 11.3. The van der Waals surface area contributed by atoms with Crippen LogP contribution in [0, 0.1) is 0 Å². The predicted molar refractivity (Wildman–Crippen MR) is 202 cm³/mol. The van der Waals surface area contributed by atoms with Gasteiger partial charge in [-0.2, -0.15) is 0 Å². The van der Waals surface area contributed by atoms with Crippen LogP contribution >= 0.6 is 0 Å². The Kier molecular flexibility index (Phi) is 6.84. The number of hydrogen-bond acceptors (Lipinski definition) is 2. The minimum Gasteiger partial charge on any atom is -0.228 e. The molecule has 2 nitrogen and oxygen atoms in total. The van der Waals surface area contributed by atoms with Crippen LogP contribution in [-0.2, 0) is 0 Å².